The number of nitrogens with one attached hydrogen (secondary N) is 2. The fourth-order valence-electron chi connectivity index (χ4n) is 2.04. The Labute approximate surface area is 115 Å². The molecular formula is C14H13N5O. The zero-order chi connectivity index (χ0) is 13.9. The maximum Gasteiger partial charge on any atom is 0.259 e. The topological polar surface area (TPSA) is 83.6 Å². The lowest BCUT2D eigenvalue weighted by atomic mass is 10.1. The third-order valence-corrected chi connectivity index (χ3v) is 3.08. The average Bonchev–Trinajstić information content (AvgIpc) is 2.93. The monoisotopic (exact) mass is 267 g/mol. The summed E-state index contributed by atoms with van der Waals surface area (Å²) in [7, 11) is 0. The molecule has 0 saturated carbocycles. The van der Waals surface area contributed by atoms with Gasteiger partial charge in [0.1, 0.15) is 11.3 Å². The van der Waals surface area contributed by atoms with Crippen LogP contribution in [0.2, 0.25) is 0 Å². The smallest absolute Gasteiger partial charge is 0.259 e. The summed E-state index contributed by atoms with van der Waals surface area (Å²) in [5, 5.41) is 9.55. The first-order chi connectivity index (χ1) is 9.79. The summed E-state index contributed by atoms with van der Waals surface area (Å²) in [6.45, 7) is 2.00. The van der Waals surface area contributed by atoms with Gasteiger partial charge in [-0.3, -0.25) is 19.9 Å². The van der Waals surface area contributed by atoms with Crippen LogP contribution in [0, 0.1) is 0 Å². The van der Waals surface area contributed by atoms with Crippen molar-refractivity contribution in [2.24, 2.45) is 0 Å². The Morgan fingerprint density at radius 1 is 1.30 bits per heavy atom. The molecular weight excluding hydrogens is 254 g/mol. The van der Waals surface area contributed by atoms with E-state index in [1.54, 1.807) is 30.7 Å². The normalized spacial score (nSPS) is 10.7. The van der Waals surface area contributed by atoms with Gasteiger partial charge < -0.3 is 5.32 Å². The second-order valence-electron chi connectivity index (χ2n) is 4.31. The maximum absolute atomic E-state index is 12.4. The van der Waals surface area contributed by atoms with Gasteiger partial charge in [-0.2, -0.15) is 5.10 Å². The first kappa shape index (κ1) is 12.3. The van der Waals surface area contributed by atoms with Crippen molar-refractivity contribution in [1.82, 2.24) is 20.2 Å². The molecule has 2 heterocycles. The van der Waals surface area contributed by atoms with E-state index in [9.17, 15) is 4.79 Å². The van der Waals surface area contributed by atoms with Crippen LogP contribution >= 0.6 is 0 Å². The quantitative estimate of drug-likeness (QED) is 0.761. The van der Waals surface area contributed by atoms with Crippen molar-refractivity contribution in [2.75, 3.05) is 5.32 Å². The van der Waals surface area contributed by atoms with Gasteiger partial charge in [0.25, 0.3) is 5.91 Å². The summed E-state index contributed by atoms with van der Waals surface area (Å²) in [6, 6.07) is 5.35. The van der Waals surface area contributed by atoms with E-state index in [-0.39, 0.29) is 5.91 Å². The van der Waals surface area contributed by atoms with E-state index >= 15 is 0 Å². The molecule has 0 fully saturated rings. The highest BCUT2D eigenvalue weighted by atomic mass is 16.1. The Hall–Kier alpha value is -2.76. The molecule has 0 spiro atoms. The number of nitrogens with zero attached hydrogens (tertiary/aromatic N) is 3. The molecule has 0 bridgehead atoms. The number of rotatable bonds is 3. The lowest BCUT2D eigenvalue weighted by Crippen LogP contribution is -2.14. The lowest BCUT2D eigenvalue weighted by molar-refractivity contribution is 0.102. The number of hydrogen-bond acceptors (Lipinski definition) is 4. The molecule has 0 saturated heterocycles. The third kappa shape index (κ3) is 2.11. The van der Waals surface area contributed by atoms with Crippen LogP contribution in [0.4, 0.5) is 5.82 Å². The highest BCUT2D eigenvalue weighted by Crippen LogP contribution is 2.17. The van der Waals surface area contributed by atoms with Gasteiger partial charge in [0.05, 0.1) is 17.3 Å². The van der Waals surface area contributed by atoms with Crippen molar-refractivity contribution in [3.05, 3.63) is 47.9 Å². The molecule has 3 aromatic rings. The van der Waals surface area contributed by atoms with Crippen LogP contribution in [0.5, 0.6) is 0 Å². The van der Waals surface area contributed by atoms with E-state index in [2.05, 4.69) is 25.5 Å². The second-order valence-corrected chi connectivity index (χ2v) is 4.31. The van der Waals surface area contributed by atoms with Crippen molar-refractivity contribution >= 4 is 22.8 Å². The van der Waals surface area contributed by atoms with E-state index in [0.717, 1.165) is 12.0 Å². The van der Waals surface area contributed by atoms with E-state index in [0.29, 0.717) is 22.4 Å². The number of para-hydroxylation sites is 1. The first-order valence-electron chi connectivity index (χ1n) is 6.33. The fourth-order valence-corrected chi connectivity index (χ4v) is 2.04. The van der Waals surface area contributed by atoms with Gasteiger partial charge in [-0.25, -0.2) is 0 Å². The predicted octanol–water partition coefficient (Wildman–Crippen LogP) is 2.17. The Kier molecular flexibility index (Phi) is 3.12. The molecule has 2 aromatic heterocycles. The number of carbonyl (C=O) groups excluding carboxylic acids is 1. The summed E-state index contributed by atoms with van der Waals surface area (Å²) in [6.07, 6.45) is 5.68. The fraction of sp³-hybridized carbons (Fsp3) is 0.143. The largest absolute Gasteiger partial charge is 0.307 e. The predicted molar refractivity (Wildman–Crippen MR) is 75.5 cm³/mol. The Morgan fingerprint density at radius 3 is 3.00 bits per heavy atom. The molecule has 0 aliphatic rings. The zero-order valence-corrected chi connectivity index (χ0v) is 10.9. The molecule has 0 radical (unpaired) electrons. The highest BCUT2D eigenvalue weighted by molar-refractivity contribution is 6.11. The van der Waals surface area contributed by atoms with Crippen molar-refractivity contribution in [3.63, 3.8) is 0 Å². The van der Waals surface area contributed by atoms with Crippen molar-refractivity contribution < 1.29 is 4.79 Å². The number of aromatic amines is 1. The van der Waals surface area contributed by atoms with Gasteiger partial charge in [0.2, 0.25) is 0 Å². The second kappa shape index (κ2) is 5.08. The Balaban J connectivity index is 1.97. The molecule has 0 unspecified atom stereocenters. The number of aryl methyl sites for hydroxylation is 1. The molecule has 2 N–H and O–H groups in total. The van der Waals surface area contributed by atoms with Crippen LogP contribution < -0.4 is 5.32 Å². The molecule has 6 nitrogen and oxygen atoms in total. The number of fused-ring (bicyclic) bond motifs is 1. The SMILES string of the molecule is CCc1cn[nH]c1NC(=O)c1cccc2nccnc12. The summed E-state index contributed by atoms with van der Waals surface area (Å²) in [4.78, 5) is 20.8. The molecule has 1 amide bonds. The van der Waals surface area contributed by atoms with Crippen LogP contribution in [-0.2, 0) is 6.42 Å². The third-order valence-electron chi connectivity index (χ3n) is 3.08. The van der Waals surface area contributed by atoms with Crippen LogP contribution in [0.15, 0.2) is 36.8 Å². The van der Waals surface area contributed by atoms with E-state index < -0.39 is 0 Å². The Bertz CT molecular complexity index is 760. The van der Waals surface area contributed by atoms with Gasteiger partial charge in [-0.05, 0) is 18.6 Å². The number of carbonyl (C=O) groups is 1. The molecule has 0 atom stereocenters. The summed E-state index contributed by atoms with van der Waals surface area (Å²) in [5.41, 5.74) is 2.74. The molecule has 1 aromatic carbocycles. The number of hydrogen-bond donors (Lipinski definition) is 2. The van der Waals surface area contributed by atoms with Crippen LogP contribution in [0.3, 0.4) is 0 Å². The number of aromatic nitrogens is 4. The minimum absolute atomic E-state index is 0.227. The van der Waals surface area contributed by atoms with Crippen LogP contribution in [0.1, 0.15) is 22.8 Å². The van der Waals surface area contributed by atoms with E-state index in [4.69, 9.17) is 0 Å². The molecule has 6 heteroatoms. The van der Waals surface area contributed by atoms with Gasteiger partial charge in [0.15, 0.2) is 0 Å². The molecule has 100 valence electrons. The average molecular weight is 267 g/mol. The van der Waals surface area contributed by atoms with Gasteiger partial charge in [-0.15, -0.1) is 0 Å². The van der Waals surface area contributed by atoms with Gasteiger partial charge in [-0.1, -0.05) is 13.0 Å². The number of H-pyrrole nitrogens is 1. The number of anilines is 1. The van der Waals surface area contributed by atoms with E-state index in [1.807, 2.05) is 13.0 Å². The van der Waals surface area contributed by atoms with Crippen molar-refractivity contribution in [2.45, 2.75) is 13.3 Å². The standard InChI is InChI=1S/C14H13N5O/c1-2-9-8-17-19-13(9)18-14(20)10-4-3-5-11-12(10)16-7-6-15-11/h3-8H,2H2,1H3,(H2,17,18,19,20). The molecule has 0 aliphatic heterocycles. The minimum atomic E-state index is -0.227. The lowest BCUT2D eigenvalue weighted by Gasteiger charge is -2.06. The minimum Gasteiger partial charge on any atom is -0.307 e. The number of amides is 1. The van der Waals surface area contributed by atoms with Crippen LogP contribution in [-0.4, -0.2) is 26.1 Å². The van der Waals surface area contributed by atoms with Crippen molar-refractivity contribution in [1.29, 1.82) is 0 Å². The summed E-state index contributed by atoms with van der Waals surface area (Å²) in [5.74, 6) is 0.397. The molecule has 3 rings (SSSR count). The maximum atomic E-state index is 12.4. The molecule has 20 heavy (non-hydrogen) atoms. The number of benzene rings is 1. The zero-order valence-electron chi connectivity index (χ0n) is 10.9. The van der Waals surface area contributed by atoms with Crippen LogP contribution in [0.25, 0.3) is 11.0 Å². The van der Waals surface area contributed by atoms with Crippen molar-refractivity contribution in [3.8, 4) is 0 Å². The van der Waals surface area contributed by atoms with Gasteiger partial charge >= 0.3 is 0 Å². The van der Waals surface area contributed by atoms with Gasteiger partial charge in [0, 0.05) is 18.0 Å². The summed E-state index contributed by atoms with van der Waals surface area (Å²) < 4.78 is 0. The highest BCUT2D eigenvalue weighted by Gasteiger charge is 2.13. The molecule has 0 aliphatic carbocycles. The van der Waals surface area contributed by atoms with E-state index in [1.165, 1.54) is 0 Å². The summed E-state index contributed by atoms with van der Waals surface area (Å²) >= 11 is 0. The Morgan fingerprint density at radius 2 is 2.15 bits per heavy atom. The first-order valence-corrected chi connectivity index (χ1v) is 6.33.